The van der Waals surface area contributed by atoms with Gasteiger partial charge >= 0.3 is 0 Å². The highest BCUT2D eigenvalue weighted by molar-refractivity contribution is 5.29. The Morgan fingerprint density at radius 1 is 1.32 bits per heavy atom. The van der Waals surface area contributed by atoms with E-state index < -0.39 is 0 Å². The summed E-state index contributed by atoms with van der Waals surface area (Å²) in [6, 6.07) is 6.08. The fourth-order valence-corrected chi connectivity index (χ4v) is 3.52. The molecule has 2 aliphatic rings. The lowest BCUT2D eigenvalue weighted by Gasteiger charge is -2.37. The van der Waals surface area contributed by atoms with Gasteiger partial charge in [-0.15, -0.1) is 0 Å². The molecule has 19 heavy (non-hydrogen) atoms. The number of fused-ring (bicyclic) bond motifs is 2. The molecule has 0 spiro atoms. The van der Waals surface area contributed by atoms with Crippen molar-refractivity contribution >= 4 is 0 Å². The Bertz CT molecular complexity index is 451. The monoisotopic (exact) mass is 265 g/mol. The van der Waals surface area contributed by atoms with E-state index in [1.54, 1.807) is 12.1 Å². The quantitative estimate of drug-likeness (QED) is 0.910. The molecular formula is C15H20FNO2. The van der Waals surface area contributed by atoms with Gasteiger partial charge in [0.25, 0.3) is 0 Å². The number of piperidine rings is 1. The molecule has 2 heterocycles. The molecule has 0 amide bonds. The van der Waals surface area contributed by atoms with E-state index in [0.29, 0.717) is 17.8 Å². The predicted octanol–water partition coefficient (Wildman–Crippen LogP) is 2.32. The Morgan fingerprint density at radius 2 is 2.00 bits per heavy atom. The summed E-state index contributed by atoms with van der Waals surface area (Å²) in [5.74, 6) is -0.00909. The number of hydrogen-bond acceptors (Lipinski definition) is 3. The van der Waals surface area contributed by atoms with Crippen LogP contribution < -0.4 is 4.74 Å². The maximum atomic E-state index is 13.7. The summed E-state index contributed by atoms with van der Waals surface area (Å²) in [5.41, 5.74) is 0.978. The van der Waals surface area contributed by atoms with Crippen molar-refractivity contribution in [2.75, 3.05) is 7.11 Å². The number of ether oxygens (including phenoxy) is 1. The maximum Gasteiger partial charge on any atom is 0.165 e. The van der Waals surface area contributed by atoms with E-state index in [9.17, 15) is 9.50 Å². The zero-order chi connectivity index (χ0) is 13.4. The van der Waals surface area contributed by atoms with Crippen LogP contribution in [-0.4, -0.2) is 35.3 Å². The molecule has 1 aromatic carbocycles. The van der Waals surface area contributed by atoms with E-state index in [1.165, 1.54) is 7.11 Å². The summed E-state index contributed by atoms with van der Waals surface area (Å²) < 4.78 is 18.6. The first-order valence-electron chi connectivity index (χ1n) is 6.93. The van der Waals surface area contributed by atoms with E-state index >= 15 is 0 Å². The molecule has 0 aliphatic carbocycles. The van der Waals surface area contributed by atoms with Crippen LogP contribution in [0.15, 0.2) is 18.2 Å². The second-order valence-electron chi connectivity index (χ2n) is 5.65. The highest BCUT2D eigenvalue weighted by Crippen LogP contribution is 2.37. The number of halogens is 1. The number of nitrogens with zero attached hydrogens (tertiary/aromatic N) is 1. The molecular weight excluding hydrogens is 245 g/mol. The van der Waals surface area contributed by atoms with Gasteiger partial charge in [-0.3, -0.25) is 4.90 Å². The highest BCUT2D eigenvalue weighted by Gasteiger charge is 2.39. The lowest BCUT2D eigenvalue weighted by Crippen LogP contribution is -2.44. The highest BCUT2D eigenvalue weighted by atomic mass is 19.1. The topological polar surface area (TPSA) is 32.7 Å². The fraction of sp³-hybridized carbons (Fsp3) is 0.600. The number of benzene rings is 1. The normalized spacial score (nSPS) is 30.6. The van der Waals surface area contributed by atoms with Crippen molar-refractivity contribution in [1.29, 1.82) is 0 Å². The Balaban J connectivity index is 1.73. The SMILES string of the molecule is COc1ccc(CN2C3CCC2CC(O)C3)cc1F. The minimum absolute atomic E-state index is 0.152. The van der Waals surface area contributed by atoms with E-state index in [4.69, 9.17) is 4.74 Å². The van der Waals surface area contributed by atoms with Gasteiger partial charge in [0.05, 0.1) is 13.2 Å². The fourth-order valence-electron chi connectivity index (χ4n) is 3.52. The summed E-state index contributed by atoms with van der Waals surface area (Å²) in [6.45, 7) is 0.767. The van der Waals surface area contributed by atoms with Crippen molar-refractivity contribution < 1.29 is 14.2 Å². The van der Waals surface area contributed by atoms with Crippen LogP contribution in [0, 0.1) is 5.82 Å². The van der Waals surface area contributed by atoms with Gasteiger partial charge in [-0.1, -0.05) is 6.07 Å². The summed E-state index contributed by atoms with van der Waals surface area (Å²) in [4.78, 5) is 2.42. The maximum absolute atomic E-state index is 13.7. The molecule has 1 N–H and O–H groups in total. The van der Waals surface area contributed by atoms with E-state index in [2.05, 4.69) is 4.90 Å². The van der Waals surface area contributed by atoms with E-state index in [0.717, 1.165) is 37.8 Å². The minimum atomic E-state index is -0.301. The zero-order valence-electron chi connectivity index (χ0n) is 11.2. The van der Waals surface area contributed by atoms with Crippen LogP contribution in [-0.2, 0) is 6.54 Å². The van der Waals surface area contributed by atoms with Crippen molar-refractivity contribution in [3.63, 3.8) is 0 Å². The molecule has 0 radical (unpaired) electrons. The second-order valence-corrected chi connectivity index (χ2v) is 5.65. The Kier molecular flexibility index (Phi) is 3.46. The van der Waals surface area contributed by atoms with E-state index in [1.807, 2.05) is 6.07 Å². The van der Waals surface area contributed by atoms with Crippen LogP contribution in [0.4, 0.5) is 4.39 Å². The first-order chi connectivity index (χ1) is 9.17. The van der Waals surface area contributed by atoms with Gasteiger partial charge in [0.15, 0.2) is 11.6 Å². The Hall–Kier alpha value is -1.13. The van der Waals surface area contributed by atoms with Crippen LogP contribution in [0.3, 0.4) is 0 Å². The molecule has 2 atom stereocenters. The van der Waals surface area contributed by atoms with Gasteiger partial charge in [-0.05, 0) is 43.4 Å². The lowest BCUT2D eigenvalue weighted by atomic mass is 9.99. The van der Waals surface area contributed by atoms with Gasteiger partial charge in [0, 0.05) is 18.6 Å². The van der Waals surface area contributed by atoms with Crippen molar-refractivity contribution in [2.45, 2.75) is 50.4 Å². The van der Waals surface area contributed by atoms with Crippen LogP contribution in [0.2, 0.25) is 0 Å². The molecule has 104 valence electrons. The molecule has 2 aliphatic heterocycles. The number of methoxy groups -OCH3 is 1. The zero-order valence-corrected chi connectivity index (χ0v) is 11.2. The number of hydrogen-bond donors (Lipinski definition) is 1. The molecule has 2 fully saturated rings. The first-order valence-corrected chi connectivity index (χ1v) is 6.93. The molecule has 2 unspecified atom stereocenters. The molecule has 0 saturated carbocycles. The average molecular weight is 265 g/mol. The summed E-state index contributed by atoms with van der Waals surface area (Å²) in [6.07, 6.45) is 3.87. The third-order valence-electron chi connectivity index (χ3n) is 4.44. The standard InChI is InChI=1S/C15H20FNO2/c1-19-15-5-2-10(6-14(15)16)9-17-11-3-4-12(17)8-13(18)7-11/h2,5-6,11-13,18H,3-4,7-9H2,1H3. The van der Waals surface area contributed by atoms with Crippen molar-refractivity contribution in [3.8, 4) is 5.75 Å². The van der Waals surface area contributed by atoms with Crippen LogP contribution in [0.5, 0.6) is 5.75 Å². The second kappa shape index (κ2) is 5.10. The summed E-state index contributed by atoms with van der Waals surface area (Å²) in [5, 5.41) is 9.78. The number of aliphatic hydroxyl groups is 1. The van der Waals surface area contributed by atoms with Gasteiger partial charge < -0.3 is 9.84 Å². The summed E-state index contributed by atoms with van der Waals surface area (Å²) in [7, 11) is 1.48. The molecule has 2 bridgehead atoms. The largest absolute Gasteiger partial charge is 0.494 e. The molecule has 2 saturated heterocycles. The van der Waals surface area contributed by atoms with Gasteiger partial charge in [-0.25, -0.2) is 4.39 Å². The van der Waals surface area contributed by atoms with E-state index in [-0.39, 0.29) is 11.9 Å². The lowest BCUT2D eigenvalue weighted by molar-refractivity contribution is 0.0310. The molecule has 4 heteroatoms. The Morgan fingerprint density at radius 3 is 2.58 bits per heavy atom. The van der Waals surface area contributed by atoms with Crippen LogP contribution in [0.25, 0.3) is 0 Å². The predicted molar refractivity (Wildman–Crippen MR) is 70.5 cm³/mol. The molecule has 3 rings (SSSR count). The van der Waals surface area contributed by atoms with Crippen molar-refractivity contribution in [2.24, 2.45) is 0 Å². The van der Waals surface area contributed by atoms with Gasteiger partial charge in [0.2, 0.25) is 0 Å². The van der Waals surface area contributed by atoms with Crippen LogP contribution in [0.1, 0.15) is 31.2 Å². The number of aliphatic hydroxyl groups excluding tert-OH is 1. The number of rotatable bonds is 3. The molecule has 0 aromatic heterocycles. The smallest absolute Gasteiger partial charge is 0.165 e. The first kappa shape index (κ1) is 12.9. The van der Waals surface area contributed by atoms with Crippen LogP contribution >= 0.6 is 0 Å². The third kappa shape index (κ3) is 2.47. The van der Waals surface area contributed by atoms with Gasteiger partial charge in [0.1, 0.15) is 0 Å². The Labute approximate surface area is 113 Å². The minimum Gasteiger partial charge on any atom is -0.494 e. The van der Waals surface area contributed by atoms with Crippen molar-refractivity contribution in [1.82, 2.24) is 4.90 Å². The average Bonchev–Trinajstić information content (AvgIpc) is 2.62. The third-order valence-corrected chi connectivity index (χ3v) is 4.44. The van der Waals surface area contributed by atoms with Gasteiger partial charge in [-0.2, -0.15) is 0 Å². The summed E-state index contributed by atoms with van der Waals surface area (Å²) >= 11 is 0. The van der Waals surface area contributed by atoms with Crippen molar-refractivity contribution in [3.05, 3.63) is 29.6 Å². The molecule has 1 aromatic rings. The molecule has 3 nitrogen and oxygen atoms in total.